The number of hydrogen-bond acceptors (Lipinski definition) is 5. The highest BCUT2D eigenvalue weighted by atomic mass is 35.5. The van der Waals surface area contributed by atoms with Gasteiger partial charge in [-0.15, -0.1) is 0 Å². The Morgan fingerprint density at radius 1 is 1.05 bits per heavy atom. The van der Waals surface area contributed by atoms with Crippen LogP contribution in [-0.2, 0) is 25.6 Å². The Kier molecular flexibility index (Phi) is 7.32. The number of carbonyl (C=O) groups is 2. The van der Waals surface area contributed by atoms with Crippen molar-refractivity contribution in [1.29, 1.82) is 0 Å². The lowest BCUT2D eigenvalue weighted by molar-refractivity contribution is -0.141. The van der Waals surface area contributed by atoms with Crippen molar-refractivity contribution in [3.8, 4) is 0 Å². The quantitative estimate of drug-likeness (QED) is 0.618. The van der Waals surface area contributed by atoms with Crippen LogP contribution in [0.1, 0.15) is 19.4 Å². The zero-order valence-corrected chi connectivity index (χ0v) is 12.8. The van der Waals surface area contributed by atoms with Crippen molar-refractivity contribution < 1.29 is 19.1 Å². The maximum absolute atomic E-state index is 11.9. The maximum atomic E-state index is 11.9. The number of ether oxygens (including phenoxy) is 2. The first kappa shape index (κ1) is 17.0. The third-order valence-corrected chi connectivity index (χ3v) is 2.81. The van der Waals surface area contributed by atoms with E-state index in [1.165, 1.54) is 0 Å². The van der Waals surface area contributed by atoms with Crippen LogP contribution in [0.5, 0.6) is 0 Å². The van der Waals surface area contributed by atoms with Gasteiger partial charge in [0.15, 0.2) is 5.03 Å². The molecule has 1 rings (SSSR count). The van der Waals surface area contributed by atoms with E-state index in [1.54, 1.807) is 13.8 Å². The first-order valence-electron chi connectivity index (χ1n) is 6.61. The monoisotopic (exact) mass is 311 g/mol. The molecule has 1 aromatic rings. The molecule has 6 heteroatoms. The van der Waals surface area contributed by atoms with Crippen molar-refractivity contribution in [3.05, 3.63) is 46.6 Å². The Morgan fingerprint density at radius 3 is 2.19 bits per heavy atom. The minimum Gasteiger partial charge on any atom is -0.462 e. The van der Waals surface area contributed by atoms with E-state index in [2.05, 4.69) is 5.32 Å². The van der Waals surface area contributed by atoms with Crippen LogP contribution < -0.4 is 5.32 Å². The van der Waals surface area contributed by atoms with E-state index in [-0.39, 0.29) is 23.9 Å². The third-order valence-electron chi connectivity index (χ3n) is 2.47. The molecule has 1 N–H and O–H groups in total. The minimum atomic E-state index is -0.761. The van der Waals surface area contributed by atoms with E-state index < -0.39 is 11.9 Å². The SMILES string of the molecule is CCOC(=O)/C(Cl)=C(/NCc1ccccc1)C(=O)OCC. The van der Waals surface area contributed by atoms with E-state index >= 15 is 0 Å². The summed E-state index contributed by atoms with van der Waals surface area (Å²) in [6.45, 7) is 4.02. The first-order valence-corrected chi connectivity index (χ1v) is 6.99. The molecular formula is C15H18ClNO4. The van der Waals surface area contributed by atoms with Gasteiger partial charge in [-0.05, 0) is 19.4 Å². The van der Waals surface area contributed by atoms with Gasteiger partial charge in [-0.2, -0.15) is 0 Å². The van der Waals surface area contributed by atoms with Gasteiger partial charge in [0.1, 0.15) is 5.70 Å². The molecule has 114 valence electrons. The van der Waals surface area contributed by atoms with Gasteiger partial charge in [-0.3, -0.25) is 0 Å². The molecule has 0 aliphatic heterocycles. The molecule has 0 aliphatic rings. The summed E-state index contributed by atoms with van der Waals surface area (Å²) in [7, 11) is 0. The predicted molar refractivity (Wildman–Crippen MR) is 79.4 cm³/mol. The summed E-state index contributed by atoms with van der Waals surface area (Å²) in [5.41, 5.74) is 0.841. The summed E-state index contributed by atoms with van der Waals surface area (Å²) in [6, 6.07) is 9.40. The Hall–Kier alpha value is -2.01. The number of benzene rings is 1. The average Bonchev–Trinajstić information content (AvgIpc) is 2.49. The largest absolute Gasteiger partial charge is 0.462 e. The smallest absolute Gasteiger partial charge is 0.356 e. The van der Waals surface area contributed by atoms with Gasteiger partial charge < -0.3 is 14.8 Å². The van der Waals surface area contributed by atoms with Gasteiger partial charge in [-0.1, -0.05) is 41.9 Å². The van der Waals surface area contributed by atoms with Crippen LogP contribution >= 0.6 is 11.6 Å². The van der Waals surface area contributed by atoms with Gasteiger partial charge in [0.25, 0.3) is 0 Å². The molecule has 0 saturated heterocycles. The summed E-state index contributed by atoms with van der Waals surface area (Å²) in [5, 5.41) is 2.52. The zero-order valence-electron chi connectivity index (χ0n) is 12.0. The van der Waals surface area contributed by atoms with Crippen LogP contribution in [0.3, 0.4) is 0 Å². The summed E-state index contributed by atoms with van der Waals surface area (Å²) in [6.07, 6.45) is 0. The molecule has 0 bridgehead atoms. The van der Waals surface area contributed by atoms with Gasteiger partial charge in [0.2, 0.25) is 0 Å². The molecule has 1 aromatic carbocycles. The summed E-state index contributed by atoms with van der Waals surface area (Å²) in [4.78, 5) is 23.5. The fourth-order valence-corrected chi connectivity index (χ4v) is 1.72. The highest BCUT2D eigenvalue weighted by molar-refractivity contribution is 6.43. The highest BCUT2D eigenvalue weighted by Crippen LogP contribution is 2.12. The van der Waals surface area contributed by atoms with Gasteiger partial charge in [-0.25, -0.2) is 9.59 Å². The fourth-order valence-electron chi connectivity index (χ4n) is 1.53. The van der Waals surface area contributed by atoms with Crippen molar-refractivity contribution in [2.24, 2.45) is 0 Å². The van der Waals surface area contributed by atoms with Crippen LogP contribution in [-0.4, -0.2) is 25.2 Å². The normalized spacial score (nSPS) is 11.4. The Labute approximate surface area is 128 Å². The lowest BCUT2D eigenvalue weighted by atomic mass is 10.2. The lowest BCUT2D eigenvalue weighted by Gasteiger charge is -2.12. The molecule has 0 saturated carbocycles. The van der Waals surface area contributed by atoms with Crippen molar-refractivity contribution in [2.45, 2.75) is 20.4 Å². The van der Waals surface area contributed by atoms with E-state index in [4.69, 9.17) is 21.1 Å². The average molecular weight is 312 g/mol. The van der Waals surface area contributed by atoms with E-state index in [0.29, 0.717) is 6.54 Å². The van der Waals surface area contributed by atoms with Gasteiger partial charge in [0.05, 0.1) is 13.2 Å². The summed E-state index contributed by atoms with van der Waals surface area (Å²) >= 11 is 5.91. The van der Waals surface area contributed by atoms with E-state index in [1.807, 2.05) is 30.3 Å². The molecule has 0 unspecified atom stereocenters. The third kappa shape index (κ3) is 5.47. The van der Waals surface area contributed by atoms with Gasteiger partial charge >= 0.3 is 11.9 Å². The van der Waals surface area contributed by atoms with Crippen molar-refractivity contribution in [3.63, 3.8) is 0 Å². The molecule has 0 atom stereocenters. The number of halogens is 1. The second-order valence-electron chi connectivity index (χ2n) is 3.97. The molecule has 0 amide bonds. The molecular weight excluding hydrogens is 294 g/mol. The molecule has 0 spiro atoms. The number of esters is 2. The van der Waals surface area contributed by atoms with E-state index in [9.17, 15) is 9.59 Å². The number of nitrogens with one attached hydrogen (secondary N) is 1. The van der Waals surface area contributed by atoms with Crippen LogP contribution in [0.2, 0.25) is 0 Å². The van der Waals surface area contributed by atoms with Gasteiger partial charge in [0, 0.05) is 6.54 Å². The summed E-state index contributed by atoms with van der Waals surface area (Å²) in [5.74, 6) is -1.45. The molecule has 0 radical (unpaired) electrons. The zero-order chi connectivity index (χ0) is 15.7. The maximum Gasteiger partial charge on any atom is 0.356 e. The Balaban J connectivity index is 2.89. The van der Waals surface area contributed by atoms with Crippen LogP contribution in [0, 0.1) is 0 Å². The number of carbonyl (C=O) groups excluding carboxylic acids is 2. The van der Waals surface area contributed by atoms with Crippen LogP contribution in [0.15, 0.2) is 41.1 Å². The molecule has 0 fully saturated rings. The van der Waals surface area contributed by atoms with Crippen LogP contribution in [0.4, 0.5) is 0 Å². The molecule has 5 nitrogen and oxygen atoms in total. The minimum absolute atomic E-state index is 0.0965. The number of rotatable bonds is 7. The van der Waals surface area contributed by atoms with Crippen molar-refractivity contribution in [2.75, 3.05) is 13.2 Å². The fraction of sp³-hybridized carbons (Fsp3) is 0.333. The molecule has 21 heavy (non-hydrogen) atoms. The molecule has 0 aliphatic carbocycles. The highest BCUT2D eigenvalue weighted by Gasteiger charge is 2.21. The second-order valence-corrected chi connectivity index (χ2v) is 4.35. The Bertz CT molecular complexity index is 514. The Morgan fingerprint density at radius 2 is 1.62 bits per heavy atom. The van der Waals surface area contributed by atoms with Crippen molar-refractivity contribution in [1.82, 2.24) is 5.32 Å². The molecule has 0 aromatic heterocycles. The standard InChI is InChI=1S/C15H18ClNO4/c1-3-20-14(18)12(16)13(15(19)21-4-2)17-10-11-8-6-5-7-9-11/h5-9,17H,3-4,10H2,1-2H3/b13-12-. The predicted octanol–water partition coefficient (Wildman–Crippen LogP) is 2.35. The van der Waals surface area contributed by atoms with E-state index in [0.717, 1.165) is 5.56 Å². The van der Waals surface area contributed by atoms with Crippen molar-refractivity contribution >= 4 is 23.5 Å². The topological polar surface area (TPSA) is 64.6 Å². The lowest BCUT2D eigenvalue weighted by Crippen LogP contribution is -2.25. The first-order chi connectivity index (χ1) is 10.1. The number of hydrogen-bond donors (Lipinski definition) is 1. The van der Waals surface area contributed by atoms with Crippen LogP contribution in [0.25, 0.3) is 0 Å². The summed E-state index contributed by atoms with van der Waals surface area (Å²) < 4.78 is 9.68. The molecule has 0 heterocycles. The second kappa shape index (κ2) is 9.02.